The molecule has 132 valence electrons. The summed E-state index contributed by atoms with van der Waals surface area (Å²) in [5.41, 5.74) is -3.36. The Morgan fingerprint density at radius 3 is 2.62 bits per heavy atom. The maximum absolute atomic E-state index is 12.6. The van der Waals surface area contributed by atoms with Crippen LogP contribution < -0.4 is 10.9 Å². The summed E-state index contributed by atoms with van der Waals surface area (Å²) in [6.07, 6.45) is -4.20. The van der Waals surface area contributed by atoms with Gasteiger partial charge in [0.2, 0.25) is 0 Å². The van der Waals surface area contributed by atoms with E-state index in [1.165, 1.54) is 4.90 Å². The number of nitrogens with one attached hydrogen (secondary N) is 2. The van der Waals surface area contributed by atoms with E-state index >= 15 is 0 Å². The summed E-state index contributed by atoms with van der Waals surface area (Å²) in [4.78, 5) is 38.7. The molecular weight excluding hydrogens is 331 g/mol. The number of carbonyl (C=O) groups excluding carboxylic acids is 2. The minimum absolute atomic E-state index is 0.151. The predicted molar refractivity (Wildman–Crippen MR) is 77.3 cm³/mol. The zero-order valence-corrected chi connectivity index (χ0v) is 13.0. The summed E-state index contributed by atoms with van der Waals surface area (Å²) in [6, 6.07) is 0.479. The molecule has 1 aromatic heterocycles. The van der Waals surface area contributed by atoms with Gasteiger partial charge in [-0.3, -0.25) is 14.4 Å². The summed E-state index contributed by atoms with van der Waals surface area (Å²) in [6.45, 7) is 4.03. The van der Waals surface area contributed by atoms with Crippen molar-refractivity contribution in [3.63, 3.8) is 0 Å². The molecule has 0 saturated carbocycles. The van der Waals surface area contributed by atoms with Gasteiger partial charge in [0.25, 0.3) is 5.56 Å². The third-order valence-electron chi connectivity index (χ3n) is 3.39. The Morgan fingerprint density at radius 2 is 2.04 bits per heavy atom. The number of nitrogens with zero attached hydrogens (tertiary/aromatic N) is 1. The highest BCUT2D eigenvalue weighted by Gasteiger charge is 2.34. The predicted octanol–water partition coefficient (Wildman–Crippen LogP) is 0.970. The van der Waals surface area contributed by atoms with E-state index in [1.54, 1.807) is 13.8 Å². The van der Waals surface area contributed by atoms with E-state index in [9.17, 15) is 27.6 Å². The molecule has 7 nitrogen and oxygen atoms in total. The quantitative estimate of drug-likeness (QED) is 0.741. The number of aromatic amines is 1. The van der Waals surface area contributed by atoms with Crippen LogP contribution in [0.25, 0.3) is 0 Å². The first-order valence-corrected chi connectivity index (χ1v) is 7.04. The van der Waals surface area contributed by atoms with Crippen molar-refractivity contribution < 1.29 is 27.5 Å². The van der Waals surface area contributed by atoms with Crippen molar-refractivity contribution in [2.75, 3.05) is 25.0 Å². The first kappa shape index (κ1) is 18.0. The molecule has 0 aliphatic carbocycles. The van der Waals surface area contributed by atoms with Crippen molar-refractivity contribution in [1.82, 2.24) is 9.88 Å². The van der Waals surface area contributed by atoms with Crippen LogP contribution in [0.4, 0.5) is 18.9 Å². The third-order valence-corrected chi connectivity index (χ3v) is 3.39. The number of H-pyrrole nitrogens is 1. The van der Waals surface area contributed by atoms with Gasteiger partial charge in [0, 0.05) is 19.3 Å². The highest BCUT2D eigenvalue weighted by molar-refractivity contribution is 6.39. The van der Waals surface area contributed by atoms with Crippen LogP contribution in [0.15, 0.2) is 17.1 Å². The first-order valence-electron chi connectivity index (χ1n) is 7.04. The van der Waals surface area contributed by atoms with Crippen LogP contribution in [0.2, 0.25) is 0 Å². The molecule has 1 aromatic rings. The van der Waals surface area contributed by atoms with Crippen LogP contribution in [-0.4, -0.2) is 47.0 Å². The van der Waals surface area contributed by atoms with Gasteiger partial charge >= 0.3 is 18.0 Å². The Bertz CT molecular complexity index is 712. The molecule has 1 aliphatic rings. The number of morpholine rings is 1. The molecule has 2 rings (SSSR count). The molecule has 0 atom stereocenters. The molecule has 0 aromatic carbocycles. The van der Waals surface area contributed by atoms with Gasteiger partial charge in [-0.05, 0) is 19.9 Å². The maximum Gasteiger partial charge on any atom is 0.417 e. The molecule has 2 amide bonds. The zero-order valence-electron chi connectivity index (χ0n) is 13.0. The van der Waals surface area contributed by atoms with Gasteiger partial charge < -0.3 is 19.9 Å². The lowest BCUT2D eigenvalue weighted by Crippen LogP contribution is -2.53. The number of aromatic nitrogens is 1. The molecule has 0 spiro atoms. The van der Waals surface area contributed by atoms with Crippen molar-refractivity contribution in [3.05, 3.63) is 28.2 Å². The Balaban J connectivity index is 2.15. The van der Waals surface area contributed by atoms with Crippen molar-refractivity contribution in [2.45, 2.75) is 25.6 Å². The highest BCUT2D eigenvalue weighted by atomic mass is 19.4. The number of pyridine rings is 1. The smallest absolute Gasteiger partial charge is 0.372 e. The Kier molecular flexibility index (Phi) is 4.70. The van der Waals surface area contributed by atoms with Gasteiger partial charge in [-0.2, -0.15) is 13.2 Å². The minimum atomic E-state index is -4.69. The van der Waals surface area contributed by atoms with E-state index in [-0.39, 0.29) is 19.7 Å². The molecule has 24 heavy (non-hydrogen) atoms. The maximum atomic E-state index is 12.6. The SMILES string of the molecule is CC1(C)CN(C(=O)C(=O)Nc2cc(C(F)(F)F)c[nH]c2=O)CCO1. The topological polar surface area (TPSA) is 91.5 Å². The molecule has 0 bridgehead atoms. The van der Waals surface area contributed by atoms with Gasteiger partial charge in [0.05, 0.1) is 17.8 Å². The third kappa shape index (κ3) is 4.13. The van der Waals surface area contributed by atoms with Crippen molar-refractivity contribution in [2.24, 2.45) is 0 Å². The van der Waals surface area contributed by atoms with E-state index in [0.717, 1.165) is 0 Å². The summed E-state index contributed by atoms with van der Waals surface area (Å²) >= 11 is 0. The standard InChI is InChI=1S/C14H16F3N3O4/c1-13(2)7-20(3-4-24-13)12(23)11(22)19-9-5-8(14(15,16)17)6-18-10(9)21/h5-6H,3-4,7H2,1-2H3,(H,18,21)(H,19,22). The monoisotopic (exact) mass is 347 g/mol. The number of hydrogen-bond acceptors (Lipinski definition) is 4. The molecule has 1 fully saturated rings. The van der Waals surface area contributed by atoms with E-state index in [0.29, 0.717) is 12.3 Å². The second-order valence-electron chi connectivity index (χ2n) is 5.92. The van der Waals surface area contributed by atoms with Crippen LogP contribution in [0, 0.1) is 0 Å². The zero-order chi connectivity index (χ0) is 18.1. The van der Waals surface area contributed by atoms with Crippen LogP contribution in [0.3, 0.4) is 0 Å². The molecule has 0 unspecified atom stereocenters. The average molecular weight is 347 g/mol. The average Bonchev–Trinajstić information content (AvgIpc) is 2.46. The van der Waals surface area contributed by atoms with Gasteiger partial charge in [-0.1, -0.05) is 0 Å². The van der Waals surface area contributed by atoms with Crippen molar-refractivity contribution in [3.8, 4) is 0 Å². The number of halogens is 3. The van der Waals surface area contributed by atoms with E-state index in [4.69, 9.17) is 4.74 Å². The largest absolute Gasteiger partial charge is 0.417 e. The number of ether oxygens (including phenoxy) is 1. The second-order valence-corrected chi connectivity index (χ2v) is 5.92. The lowest BCUT2D eigenvalue weighted by atomic mass is 10.1. The Labute approximate surface area is 134 Å². The molecule has 0 radical (unpaired) electrons. The van der Waals surface area contributed by atoms with Gasteiger partial charge in [0.15, 0.2) is 0 Å². The van der Waals surface area contributed by atoms with Gasteiger partial charge in [-0.25, -0.2) is 0 Å². The normalized spacial score (nSPS) is 17.5. The van der Waals surface area contributed by atoms with Crippen molar-refractivity contribution in [1.29, 1.82) is 0 Å². The Morgan fingerprint density at radius 1 is 1.38 bits per heavy atom. The lowest BCUT2D eigenvalue weighted by Gasteiger charge is -2.37. The van der Waals surface area contributed by atoms with E-state index in [1.807, 2.05) is 10.3 Å². The molecule has 1 aliphatic heterocycles. The molecule has 2 N–H and O–H groups in total. The van der Waals surface area contributed by atoms with E-state index < -0.39 is 40.4 Å². The summed E-state index contributed by atoms with van der Waals surface area (Å²) in [7, 11) is 0. The fourth-order valence-corrected chi connectivity index (χ4v) is 2.25. The Hall–Kier alpha value is -2.36. The fourth-order valence-electron chi connectivity index (χ4n) is 2.25. The lowest BCUT2D eigenvalue weighted by molar-refractivity contribution is -0.153. The second kappa shape index (κ2) is 6.27. The molecule has 1 saturated heterocycles. The molecule has 2 heterocycles. The molecule has 10 heteroatoms. The number of hydrogen-bond donors (Lipinski definition) is 2. The van der Waals surface area contributed by atoms with Crippen LogP contribution >= 0.6 is 0 Å². The number of amides is 2. The summed E-state index contributed by atoms with van der Waals surface area (Å²) in [5, 5.41) is 1.93. The van der Waals surface area contributed by atoms with Crippen LogP contribution in [0.1, 0.15) is 19.4 Å². The number of rotatable bonds is 1. The highest BCUT2D eigenvalue weighted by Crippen LogP contribution is 2.29. The minimum Gasteiger partial charge on any atom is -0.372 e. The number of alkyl halides is 3. The summed E-state index contributed by atoms with van der Waals surface area (Å²) in [5.74, 6) is -2.12. The van der Waals surface area contributed by atoms with Crippen LogP contribution in [-0.2, 0) is 20.5 Å². The van der Waals surface area contributed by atoms with Gasteiger partial charge in [-0.15, -0.1) is 0 Å². The summed E-state index contributed by atoms with van der Waals surface area (Å²) < 4.78 is 43.4. The van der Waals surface area contributed by atoms with Crippen LogP contribution in [0.5, 0.6) is 0 Å². The van der Waals surface area contributed by atoms with Gasteiger partial charge in [0.1, 0.15) is 5.69 Å². The number of anilines is 1. The number of carbonyl (C=O) groups is 2. The molecular formula is C14H16F3N3O4. The first-order chi connectivity index (χ1) is 11.0. The van der Waals surface area contributed by atoms with Crippen molar-refractivity contribution >= 4 is 17.5 Å². The fraction of sp³-hybridized carbons (Fsp3) is 0.500. The van der Waals surface area contributed by atoms with E-state index in [2.05, 4.69) is 0 Å².